The second-order valence-electron chi connectivity index (χ2n) is 8.65. The van der Waals surface area contributed by atoms with E-state index in [9.17, 15) is 9.59 Å². The molecule has 2 aliphatic heterocycles. The number of hydrogen-bond donors (Lipinski definition) is 1. The van der Waals surface area contributed by atoms with Gasteiger partial charge in [-0.15, -0.1) is 12.4 Å². The van der Waals surface area contributed by atoms with Gasteiger partial charge < -0.3 is 24.3 Å². The quantitative estimate of drug-likeness (QED) is 0.348. The number of carbonyl (C=O) groups is 2. The third kappa shape index (κ3) is 5.46. The molecule has 0 saturated carbocycles. The van der Waals surface area contributed by atoms with Crippen LogP contribution in [0.5, 0.6) is 11.5 Å². The van der Waals surface area contributed by atoms with Gasteiger partial charge in [0.1, 0.15) is 12.2 Å². The molecule has 10 nitrogen and oxygen atoms in total. The molecule has 0 aliphatic carbocycles. The van der Waals surface area contributed by atoms with E-state index in [2.05, 4.69) is 20.2 Å². The normalized spacial score (nSPS) is 17.0. The first-order valence-electron chi connectivity index (χ1n) is 11.9. The summed E-state index contributed by atoms with van der Waals surface area (Å²) in [7, 11) is 2.90. The number of rotatable bonds is 8. The van der Waals surface area contributed by atoms with E-state index in [1.807, 2.05) is 6.07 Å². The Bertz CT molecular complexity index is 1300. The molecule has 0 bridgehead atoms. The number of nitrogens with one attached hydrogen (secondary N) is 1. The van der Waals surface area contributed by atoms with Crippen LogP contribution in [0.25, 0.3) is 10.9 Å². The maximum atomic E-state index is 13.0. The number of ether oxygens (including phenoxy) is 4. The highest BCUT2D eigenvalue weighted by Gasteiger charge is 2.35. The van der Waals surface area contributed by atoms with Crippen molar-refractivity contribution in [3.8, 4) is 11.5 Å². The van der Waals surface area contributed by atoms with Gasteiger partial charge in [0.15, 0.2) is 11.5 Å². The van der Waals surface area contributed by atoms with Crippen molar-refractivity contribution in [2.24, 2.45) is 0 Å². The minimum atomic E-state index is -0.708. The minimum Gasteiger partial charge on any atom is -0.493 e. The number of amides is 1. The molecule has 1 aromatic heterocycles. The Hall–Kier alpha value is -3.47. The predicted molar refractivity (Wildman–Crippen MR) is 139 cm³/mol. The molecular weight excluding hydrogens is 500 g/mol. The second kappa shape index (κ2) is 11.7. The lowest BCUT2D eigenvalue weighted by Crippen LogP contribution is -2.37. The first-order valence-corrected chi connectivity index (χ1v) is 11.9. The highest BCUT2D eigenvalue weighted by Crippen LogP contribution is 2.41. The summed E-state index contributed by atoms with van der Waals surface area (Å²) in [5, 5.41) is 3.55. The van der Waals surface area contributed by atoms with Gasteiger partial charge in [0, 0.05) is 36.8 Å². The first-order chi connectivity index (χ1) is 17.6. The molecule has 11 heteroatoms. The summed E-state index contributed by atoms with van der Waals surface area (Å²) < 4.78 is 21.9. The minimum absolute atomic E-state index is 0. The zero-order valence-electron chi connectivity index (χ0n) is 20.7. The summed E-state index contributed by atoms with van der Waals surface area (Å²) in [6.07, 6.45) is 2.31. The highest BCUT2D eigenvalue weighted by molar-refractivity contribution is 6.07. The van der Waals surface area contributed by atoms with Gasteiger partial charge in [-0.1, -0.05) is 0 Å². The van der Waals surface area contributed by atoms with Crippen LogP contribution in [0.1, 0.15) is 34.0 Å². The Morgan fingerprint density at radius 3 is 2.70 bits per heavy atom. The number of fused-ring (bicyclic) bond motifs is 2. The average molecular weight is 529 g/mol. The molecule has 5 rings (SSSR count). The number of esters is 1. The molecule has 196 valence electrons. The van der Waals surface area contributed by atoms with Crippen LogP contribution < -0.4 is 14.8 Å². The lowest BCUT2D eigenvalue weighted by Gasteiger charge is -2.26. The molecule has 1 saturated heterocycles. The number of aromatic nitrogens is 2. The molecular formula is C26H29ClN4O6. The van der Waals surface area contributed by atoms with E-state index in [0.717, 1.165) is 39.3 Å². The molecule has 0 spiro atoms. The van der Waals surface area contributed by atoms with Gasteiger partial charge in [-0.25, -0.2) is 14.8 Å². The summed E-state index contributed by atoms with van der Waals surface area (Å²) in [5.74, 6) is -0.289. The third-order valence-corrected chi connectivity index (χ3v) is 6.51. The molecule has 1 amide bonds. The number of halogens is 1. The van der Waals surface area contributed by atoms with Crippen LogP contribution in [-0.4, -0.2) is 80.4 Å². The van der Waals surface area contributed by atoms with E-state index in [-0.39, 0.29) is 18.3 Å². The maximum Gasteiger partial charge on any atom is 0.337 e. The number of morpholine rings is 1. The van der Waals surface area contributed by atoms with Gasteiger partial charge in [0.25, 0.3) is 0 Å². The molecule has 1 N–H and O–H groups in total. The van der Waals surface area contributed by atoms with E-state index in [0.29, 0.717) is 51.5 Å². The van der Waals surface area contributed by atoms with Crippen LogP contribution in [0.3, 0.4) is 0 Å². The van der Waals surface area contributed by atoms with Gasteiger partial charge in [-0.3, -0.25) is 9.69 Å². The molecule has 1 atom stereocenters. The summed E-state index contributed by atoms with van der Waals surface area (Å²) in [6.45, 7) is 4.90. The summed E-state index contributed by atoms with van der Waals surface area (Å²) in [4.78, 5) is 36.3. The van der Waals surface area contributed by atoms with Gasteiger partial charge in [0.2, 0.25) is 5.91 Å². The molecule has 37 heavy (non-hydrogen) atoms. The number of anilines is 1. The summed E-state index contributed by atoms with van der Waals surface area (Å²) in [6, 6.07) is 8.61. The maximum absolute atomic E-state index is 13.0. The van der Waals surface area contributed by atoms with Crippen molar-refractivity contribution in [2.75, 3.05) is 59.0 Å². The second-order valence-corrected chi connectivity index (χ2v) is 8.65. The third-order valence-electron chi connectivity index (χ3n) is 6.51. The van der Waals surface area contributed by atoms with Crippen LogP contribution in [0, 0.1) is 0 Å². The molecule has 1 unspecified atom stereocenters. The standard InChI is InChI=1S/C26H28N4O6.ClH/c1-33-21-13-18-20(14-22(21)36-9-3-6-30-7-10-35-11-8-30)27-15-28-24(18)23-17-12-16(26(32)34-2)4-5-19(17)29-25(23)31;/h4-5,12-15,23H,3,6-11H2,1-2H3,(H,29,31);1H. The van der Waals surface area contributed by atoms with Crippen molar-refractivity contribution in [1.29, 1.82) is 0 Å². The van der Waals surface area contributed by atoms with E-state index in [1.54, 1.807) is 31.4 Å². The van der Waals surface area contributed by atoms with Gasteiger partial charge in [-0.2, -0.15) is 0 Å². The zero-order chi connectivity index (χ0) is 25.1. The van der Waals surface area contributed by atoms with Crippen molar-refractivity contribution >= 4 is 40.9 Å². The van der Waals surface area contributed by atoms with Crippen molar-refractivity contribution in [1.82, 2.24) is 14.9 Å². The van der Waals surface area contributed by atoms with E-state index in [4.69, 9.17) is 18.9 Å². The molecule has 3 heterocycles. The van der Waals surface area contributed by atoms with Crippen LogP contribution in [0.15, 0.2) is 36.7 Å². The fraction of sp³-hybridized carbons (Fsp3) is 0.385. The smallest absolute Gasteiger partial charge is 0.337 e. The highest BCUT2D eigenvalue weighted by atomic mass is 35.5. The fourth-order valence-electron chi connectivity index (χ4n) is 4.66. The van der Waals surface area contributed by atoms with Gasteiger partial charge >= 0.3 is 5.97 Å². The molecule has 0 radical (unpaired) electrons. The van der Waals surface area contributed by atoms with Crippen molar-refractivity contribution in [3.63, 3.8) is 0 Å². The van der Waals surface area contributed by atoms with Crippen molar-refractivity contribution in [3.05, 3.63) is 53.5 Å². The number of hydrogen-bond acceptors (Lipinski definition) is 9. The average Bonchev–Trinajstić information content (AvgIpc) is 3.25. The summed E-state index contributed by atoms with van der Waals surface area (Å²) in [5.41, 5.74) is 2.81. The van der Waals surface area contributed by atoms with Crippen LogP contribution in [0.4, 0.5) is 5.69 Å². The number of methoxy groups -OCH3 is 2. The number of benzene rings is 2. The Kier molecular flexibility index (Phi) is 8.42. The summed E-state index contributed by atoms with van der Waals surface area (Å²) >= 11 is 0. The fourth-order valence-corrected chi connectivity index (χ4v) is 4.66. The topological polar surface area (TPSA) is 112 Å². The Balaban J connectivity index is 0.00000320. The SMILES string of the molecule is COC(=O)c1ccc2c(c1)C(c1ncnc3cc(OCCCN4CCOCC4)c(OC)cc13)C(=O)N2.Cl. The van der Waals surface area contributed by atoms with Gasteiger partial charge in [0.05, 0.1) is 50.8 Å². The van der Waals surface area contributed by atoms with Crippen LogP contribution in [0.2, 0.25) is 0 Å². The number of carbonyl (C=O) groups excluding carboxylic acids is 2. The lowest BCUT2D eigenvalue weighted by atomic mass is 9.93. The molecule has 1 fully saturated rings. The largest absolute Gasteiger partial charge is 0.493 e. The Morgan fingerprint density at radius 2 is 1.95 bits per heavy atom. The lowest BCUT2D eigenvalue weighted by molar-refractivity contribution is -0.116. The van der Waals surface area contributed by atoms with Gasteiger partial charge in [-0.05, 0) is 36.2 Å². The molecule has 3 aromatic rings. The van der Waals surface area contributed by atoms with Crippen LogP contribution in [-0.2, 0) is 14.3 Å². The molecule has 2 aliphatic rings. The van der Waals surface area contributed by atoms with E-state index >= 15 is 0 Å². The Morgan fingerprint density at radius 1 is 1.14 bits per heavy atom. The zero-order valence-corrected chi connectivity index (χ0v) is 21.5. The van der Waals surface area contributed by atoms with Crippen molar-refractivity contribution < 1.29 is 28.5 Å². The van der Waals surface area contributed by atoms with E-state index in [1.165, 1.54) is 13.4 Å². The number of nitrogens with zero attached hydrogens (tertiary/aromatic N) is 3. The first kappa shape index (κ1) is 26.6. The van der Waals surface area contributed by atoms with E-state index < -0.39 is 11.9 Å². The Labute approximate surface area is 220 Å². The van der Waals surface area contributed by atoms with Crippen LogP contribution >= 0.6 is 12.4 Å². The molecule has 2 aromatic carbocycles. The monoisotopic (exact) mass is 528 g/mol. The predicted octanol–water partition coefficient (Wildman–Crippen LogP) is 3.03. The van der Waals surface area contributed by atoms with Crippen molar-refractivity contribution in [2.45, 2.75) is 12.3 Å².